The van der Waals surface area contributed by atoms with Crippen molar-refractivity contribution < 1.29 is 23.9 Å². The van der Waals surface area contributed by atoms with Crippen molar-refractivity contribution in [1.29, 1.82) is 0 Å². The minimum absolute atomic E-state index is 0.0498. The molecule has 3 N–H and O–H groups in total. The molecule has 0 unspecified atom stereocenters. The van der Waals surface area contributed by atoms with Crippen molar-refractivity contribution >= 4 is 23.5 Å². The van der Waals surface area contributed by atoms with Gasteiger partial charge in [0.25, 0.3) is 11.6 Å². The molecule has 0 saturated carbocycles. The van der Waals surface area contributed by atoms with Gasteiger partial charge in [-0.05, 0) is 18.2 Å². The standard InChI is InChI=1S/C17H18N4O6/c1-25-14-6-10(7-15(26-2)16(14)27-3)9-19-20-17(22)12-8-11(21(23)24)4-5-13(12)18/h4-9H,18H2,1-3H3,(H,20,22). The Balaban J connectivity index is 2.21. The second-order valence-electron chi connectivity index (χ2n) is 5.19. The molecule has 2 aromatic rings. The third-order valence-corrected chi connectivity index (χ3v) is 3.56. The molecule has 0 spiro atoms. The highest BCUT2D eigenvalue weighted by molar-refractivity contribution is 6.00. The maximum atomic E-state index is 12.2. The van der Waals surface area contributed by atoms with Gasteiger partial charge in [0.2, 0.25) is 5.75 Å². The Bertz CT molecular complexity index is 872. The molecule has 0 radical (unpaired) electrons. The Kier molecular flexibility index (Phi) is 6.15. The van der Waals surface area contributed by atoms with Crippen LogP contribution in [0.3, 0.4) is 0 Å². The molecule has 10 nitrogen and oxygen atoms in total. The summed E-state index contributed by atoms with van der Waals surface area (Å²) in [6.07, 6.45) is 1.36. The average molecular weight is 374 g/mol. The van der Waals surface area contributed by atoms with E-state index in [2.05, 4.69) is 10.5 Å². The van der Waals surface area contributed by atoms with Crippen molar-refractivity contribution in [2.24, 2.45) is 5.10 Å². The van der Waals surface area contributed by atoms with E-state index in [-0.39, 0.29) is 16.9 Å². The summed E-state index contributed by atoms with van der Waals surface area (Å²) < 4.78 is 15.7. The first-order valence-electron chi connectivity index (χ1n) is 7.58. The minimum Gasteiger partial charge on any atom is -0.493 e. The van der Waals surface area contributed by atoms with Crippen LogP contribution in [0, 0.1) is 10.1 Å². The van der Waals surface area contributed by atoms with Crippen molar-refractivity contribution in [3.8, 4) is 17.2 Å². The number of carbonyl (C=O) groups excluding carboxylic acids is 1. The number of nitrogen functional groups attached to an aromatic ring is 1. The molecule has 10 heteroatoms. The van der Waals surface area contributed by atoms with Gasteiger partial charge in [-0.3, -0.25) is 14.9 Å². The van der Waals surface area contributed by atoms with Crippen molar-refractivity contribution in [3.05, 3.63) is 51.6 Å². The number of nitro groups is 1. The predicted octanol–water partition coefficient (Wildman–Crippen LogP) is 1.97. The first-order valence-corrected chi connectivity index (χ1v) is 7.58. The van der Waals surface area contributed by atoms with Gasteiger partial charge in [0.05, 0.1) is 38.0 Å². The van der Waals surface area contributed by atoms with Crippen molar-refractivity contribution in [3.63, 3.8) is 0 Å². The van der Waals surface area contributed by atoms with Crippen LogP contribution in [0.5, 0.6) is 17.2 Å². The molecular weight excluding hydrogens is 356 g/mol. The highest BCUT2D eigenvalue weighted by Gasteiger charge is 2.15. The first kappa shape index (κ1) is 19.5. The average Bonchev–Trinajstić information content (AvgIpc) is 2.66. The first-order chi connectivity index (χ1) is 12.9. The predicted molar refractivity (Wildman–Crippen MR) is 98.7 cm³/mol. The zero-order chi connectivity index (χ0) is 20.0. The normalized spacial score (nSPS) is 10.5. The lowest BCUT2D eigenvalue weighted by atomic mass is 10.1. The molecule has 0 aliphatic heterocycles. The lowest BCUT2D eigenvalue weighted by Gasteiger charge is -2.12. The zero-order valence-corrected chi connectivity index (χ0v) is 14.9. The van der Waals surface area contributed by atoms with E-state index in [1.165, 1.54) is 39.7 Å². The van der Waals surface area contributed by atoms with Crippen LogP contribution in [0.4, 0.5) is 11.4 Å². The van der Waals surface area contributed by atoms with Crippen molar-refractivity contribution in [2.45, 2.75) is 0 Å². The molecular formula is C17H18N4O6. The van der Waals surface area contributed by atoms with Gasteiger partial charge in [-0.1, -0.05) is 0 Å². The summed E-state index contributed by atoms with van der Waals surface area (Å²) in [5.74, 6) is 0.588. The Morgan fingerprint density at radius 2 is 1.78 bits per heavy atom. The molecule has 0 fully saturated rings. The summed E-state index contributed by atoms with van der Waals surface area (Å²) in [6.45, 7) is 0. The number of nitro benzene ring substituents is 1. The van der Waals surface area contributed by atoms with Gasteiger partial charge in [0.1, 0.15) is 0 Å². The number of ether oxygens (including phenoxy) is 3. The number of nitrogens with two attached hydrogens (primary N) is 1. The van der Waals surface area contributed by atoms with Crippen LogP contribution >= 0.6 is 0 Å². The van der Waals surface area contributed by atoms with Gasteiger partial charge in [-0.2, -0.15) is 5.10 Å². The van der Waals surface area contributed by atoms with Crippen LogP contribution in [0.25, 0.3) is 0 Å². The molecule has 2 aromatic carbocycles. The number of hydrogen-bond donors (Lipinski definition) is 2. The monoisotopic (exact) mass is 374 g/mol. The van der Waals surface area contributed by atoms with E-state index in [1.54, 1.807) is 12.1 Å². The number of methoxy groups -OCH3 is 3. The summed E-state index contributed by atoms with van der Waals surface area (Å²) in [5, 5.41) is 14.7. The highest BCUT2D eigenvalue weighted by atomic mass is 16.6. The number of amides is 1. The smallest absolute Gasteiger partial charge is 0.273 e. The largest absolute Gasteiger partial charge is 0.493 e. The van der Waals surface area contributed by atoms with Gasteiger partial charge in [-0.25, -0.2) is 5.43 Å². The third-order valence-electron chi connectivity index (χ3n) is 3.56. The van der Waals surface area contributed by atoms with Crippen LogP contribution in [-0.2, 0) is 0 Å². The lowest BCUT2D eigenvalue weighted by molar-refractivity contribution is -0.384. The summed E-state index contributed by atoms with van der Waals surface area (Å²) >= 11 is 0. The highest BCUT2D eigenvalue weighted by Crippen LogP contribution is 2.37. The fourth-order valence-corrected chi connectivity index (χ4v) is 2.26. The number of anilines is 1. The SMILES string of the molecule is COc1cc(C=NNC(=O)c2cc([N+](=O)[O-])ccc2N)cc(OC)c1OC. The van der Waals surface area contributed by atoms with E-state index in [9.17, 15) is 14.9 Å². The second-order valence-corrected chi connectivity index (χ2v) is 5.19. The Morgan fingerprint density at radius 1 is 1.15 bits per heavy atom. The van der Waals surface area contributed by atoms with E-state index in [4.69, 9.17) is 19.9 Å². The van der Waals surface area contributed by atoms with Crippen LogP contribution in [0.15, 0.2) is 35.4 Å². The number of hydrogen-bond acceptors (Lipinski definition) is 8. The molecule has 0 bridgehead atoms. The minimum atomic E-state index is -0.681. The molecule has 0 heterocycles. The molecule has 0 aliphatic rings. The fraction of sp³-hybridized carbons (Fsp3) is 0.176. The summed E-state index contributed by atoms with van der Waals surface area (Å²) in [4.78, 5) is 22.4. The van der Waals surface area contributed by atoms with E-state index >= 15 is 0 Å². The summed E-state index contributed by atoms with van der Waals surface area (Å²) in [7, 11) is 4.44. The molecule has 0 aromatic heterocycles. The quantitative estimate of drug-likeness (QED) is 0.327. The van der Waals surface area contributed by atoms with Gasteiger partial charge in [-0.15, -0.1) is 0 Å². The van der Waals surface area contributed by atoms with E-state index in [1.807, 2.05) is 0 Å². The van der Waals surface area contributed by atoms with Gasteiger partial charge in [0.15, 0.2) is 11.5 Å². The number of rotatable bonds is 7. The Hall–Kier alpha value is -3.82. The maximum absolute atomic E-state index is 12.2. The number of carbonyl (C=O) groups is 1. The summed E-state index contributed by atoms with van der Waals surface area (Å²) in [5.41, 5.74) is 8.34. The van der Waals surface area contributed by atoms with E-state index in [0.717, 1.165) is 6.07 Å². The molecule has 0 atom stereocenters. The molecule has 0 aliphatic carbocycles. The van der Waals surface area contributed by atoms with Crippen molar-refractivity contribution in [1.82, 2.24) is 5.43 Å². The van der Waals surface area contributed by atoms with Gasteiger partial charge < -0.3 is 19.9 Å². The van der Waals surface area contributed by atoms with Gasteiger partial charge in [0, 0.05) is 23.4 Å². The molecule has 2 rings (SSSR count). The topological polar surface area (TPSA) is 138 Å². The number of benzene rings is 2. The molecule has 27 heavy (non-hydrogen) atoms. The lowest BCUT2D eigenvalue weighted by Crippen LogP contribution is -2.19. The zero-order valence-electron chi connectivity index (χ0n) is 14.9. The van der Waals surface area contributed by atoms with E-state index < -0.39 is 10.8 Å². The maximum Gasteiger partial charge on any atom is 0.273 e. The number of nitrogens with zero attached hydrogens (tertiary/aromatic N) is 2. The van der Waals surface area contributed by atoms with Gasteiger partial charge >= 0.3 is 0 Å². The van der Waals surface area contributed by atoms with Crippen LogP contribution in [-0.4, -0.2) is 38.4 Å². The molecule has 0 saturated heterocycles. The third kappa shape index (κ3) is 4.42. The van der Waals surface area contributed by atoms with Crippen molar-refractivity contribution in [2.75, 3.05) is 27.1 Å². The second kappa shape index (κ2) is 8.52. The van der Waals surface area contributed by atoms with Crippen LogP contribution in [0.2, 0.25) is 0 Å². The molecule has 142 valence electrons. The number of nitrogens with one attached hydrogen (secondary N) is 1. The van der Waals surface area contributed by atoms with E-state index in [0.29, 0.717) is 22.8 Å². The Labute approximate surface area is 154 Å². The Morgan fingerprint density at radius 3 is 2.30 bits per heavy atom. The number of non-ortho nitro benzene ring substituents is 1. The van der Waals surface area contributed by atoms with Crippen LogP contribution < -0.4 is 25.4 Å². The summed E-state index contributed by atoms with van der Waals surface area (Å²) in [6, 6.07) is 6.86. The fourth-order valence-electron chi connectivity index (χ4n) is 2.26. The number of hydrazone groups is 1. The molecule has 1 amide bonds. The van der Waals surface area contributed by atoms with Crippen LogP contribution in [0.1, 0.15) is 15.9 Å².